The first-order chi connectivity index (χ1) is 10.2. The summed E-state index contributed by atoms with van der Waals surface area (Å²) in [6.07, 6.45) is 4.24. The minimum absolute atomic E-state index is 0.0941. The van der Waals surface area contributed by atoms with Gasteiger partial charge in [-0.25, -0.2) is 9.37 Å². The Morgan fingerprint density at radius 1 is 1.33 bits per heavy atom. The van der Waals surface area contributed by atoms with E-state index < -0.39 is 0 Å². The Hall–Kier alpha value is -1.26. The fourth-order valence-corrected chi connectivity index (χ4v) is 3.24. The Morgan fingerprint density at radius 2 is 2.14 bits per heavy atom. The quantitative estimate of drug-likeness (QED) is 0.843. The van der Waals surface area contributed by atoms with Crippen LogP contribution in [0.2, 0.25) is 0 Å². The fraction of sp³-hybridized carbons (Fsp3) is 0.471. The summed E-state index contributed by atoms with van der Waals surface area (Å²) >= 11 is 1.69. The van der Waals surface area contributed by atoms with Crippen LogP contribution < -0.4 is 5.32 Å². The van der Waals surface area contributed by atoms with Gasteiger partial charge in [0, 0.05) is 11.4 Å². The van der Waals surface area contributed by atoms with Gasteiger partial charge in [0.2, 0.25) is 0 Å². The highest BCUT2D eigenvalue weighted by Gasteiger charge is 2.23. The van der Waals surface area contributed by atoms with Gasteiger partial charge in [-0.1, -0.05) is 18.2 Å². The molecule has 1 aliphatic rings. The summed E-state index contributed by atoms with van der Waals surface area (Å²) in [6, 6.07) is 7.79. The van der Waals surface area contributed by atoms with Crippen LogP contribution in [0.15, 0.2) is 29.6 Å². The molecule has 0 spiro atoms. The van der Waals surface area contributed by atoms with Gasteiger partial charge in [0.25, 0.3) is 0 Å². The lowest BCUT2D eigenvalue weighted by Crippen LogP contribution is -2.27. The summed E-state index contributed by atoms with van der Waals surface area (Å²) in [5.41, 5.74) is 1.95. The third-order valence-electron chi connectivity index (χ3n) is 3.90. The molecular weight excluding hydrogens is 283 g/mol. The Bertz CT molecular complexity index is 592. The zero-order valence-corrected chi connectivity index (χ0v) is 13.1. The average molecular weight is 304 g/mol. The minimum Gasteiger partial charge on any atom is -0.314 e. The second-order valence-electron chi connectivity index (χ2n) is 5.91. The standard InChI is InChI=1S/C17H21FN2S/c1-12-20-16(11-21-12)9-13(10-19-15-6-7-15)8-14-4-2-3-5-17(14)18/h2-5,11,13,15,19H,6-10H2,1H3. The summed E-state index contributed by atoms with van der Waals surface area (Å²) in [7, 11) is 0. The van der Waals surface area contributed by atoms with Gasteiger partial charge in [-0.05, 0) is 56.7 Å². The topological polar surface area (TPSA) is 24.9 Å². The average Bonchev–Trinajstić information content (AvgIpc) is 3.21. The van der Waals surface area contributed by atoms with E-state index in [1.165, 1.54) is 12.8 Å². The number of aromatic nitrogens is 1. The van der Waals surface area contributed by atoms with E-state index in [4.69, 9.17) is 0 Å². The molecule has 1 saturated carbocycles. The summed E-state index contributed by atoms with van der Waals surface area (Å²) in [4.78, 5) is 4.55. The van der Waals surface area contributed by atoms with Gasteiger partial charge in [-0.3, -0.25) is 0 Å². The van der Waals surface area contributed by atoms with E-state index in [0.29, 0.717) is 12.0 Å². The van der Waals surface area contributed by atoms with Crippen molar-refractivity contribution in [1.82, 2.24) is 10.3 Å². The van der Waals surface area contributed by atoms with Gasteiger partial charge in [0.15, 0.2) is 0 Å². The molecule has 0 saturated heterocycles. The highest BCUT2D eigenvalue weighted by atomic mass is 32.1. The number of aryl methyl sites for hydroxylation is 1. The molecule has 1 fully saturated rings. The zero-order chi connectivity index (χ0) is 14.7. The molecule has 0 amide bonds. The van der Waals surface area contributed by atoms with E-state index in [-0.39, 0.29) is 5.82 Å². The molecular formula is C17H21FN2S. The molecule has 3 rings (SSSR count). The first kappa shape index (κ1) is 14.7. The van der Waals surface area contributed by atoms with Crippen molar-refractivity contribution in [2.45, 2.75) is 38.6 Å². The van der Waals surface area contributed by atoms with Crippen molar-refractivity contribution >= 4 is 11.3 Å². The molecule has 2 nitrogen and oxygen atoms in total. The SMILES string of the molecule is Cc1nc(CC(CNC2CC2)Cc2ccccc2F)cs1. The normalized spacial score (nSPS) is 16.1. The van der Waals surface area contributed by atoms with Crippen LogP contribution >= 0.6 is 11.3 Å². The molecule has 1 atom stereocenters. The van der Waals surface area contributed by atoms with Crippen molar-refractivity contribution in [1.29, 1.82) is 0 Å². The molecule has 0 bridgehead atoms. The number of nitrogens with one attached hydrogen (secondary N) is 1. The van der Waals surface area contributed by atoms with Crippen molar-refractivity contribution in [3.63, 3.8) is 0 Å². The van der Waals surface area contributed by atoms with Gasteiger partial charge >= 0.3 is 0 Å². The summed E-state index contributed by atoms with van der Waals surface area (Å²) < 4.78 is 13.9. The Kier molecular flexibility index (Phi) is 4.66. The first-order valence-electron chi connectivity index (χ1n) is 7.58. The van der Waals surface area contributed by atoms with E-state index in [1.54, 1.807) is 23.5 Å². The predicted octanol–water partition coefficient (Wildman–Crippen LogP) is 3.74. The lowest BCUT2D eigenvalue weighted by molar-refractivity contribution is 0.456. The van der Waals surface area contributed by atoms with Crippen LogP contribution in [0.5, 0.6) is 0 Å². The van der Waals surface area contributed by atoms with Gasteiger partial charge in [0.05, 0.1) is 10.7 Å². The number of hydrogen-bond acceptors (Lipinski definition) is 3. The zero-order valence-electron chi connectivity index (χ0n) is 12.3. The van der Waals surface area contributed by atoms with Gasteiger partial charge in [-0.15, -0.1) is 11.3 Å². The third-order valence-corrected chi connectivity index (χ3v) is 4.73. The van der Waals surface area contributed by atoms with Crippen molar-refractivity contribution in [2.24, 2.45) is 5.92 Å². The minimum atomic E-state index is -0.0941. The monoisotopic (exact) mass is 304 g/mol. The van der Waals surface area contributed by atoms with E-state index >= 15 is 0 Å². The smallest absolute Gasteiger partial charge is 0.126 e. The van der Waals surface area contributed by atoms with E-state index in [9.17, 15) is 4.39 Å². The molecule has 21 heavy (non-hydrogen) atoms. The molecule has 112 valence electrons. The largest absolute Gasteiger partial charge is 0.314 e. The Balaban J connectivity index is 1.67. The van der Waals surface area contributed by atoms with Crippen LogP contribution in [0.1, 0.15) is 29.1 Å². The Labute approximate surface area is 129 Å². The third kappa shape index (κ3) is 4.35. The number of rotatable bonds is 7. The molecule has 1 aromatic carbocycles. The summed E-state index contributed by atoms with van der Waals surface area (Å²) in [5.74, 6) is 0.299. The highest BCUT2D eigenvalue weighted by molar-refractivity contribution is 7.09. The predicted molar refractivity (Wildman–Crippen MR) is 85.2 cm³/mol. The van der Waals surface area contributed by atoms with Crippen LogP contribution in [-0.4, -0.2) is 17.6 Å². The van der Waals surface area contributed by atoms with Crippen LogP contribution in [0.4, 0.5) is 4.39 Å². The molecule has 1 unspecified atom stereocenters. The number of benzene rings is 1. The number of nitrogens with zero attached hydrogens (tertiary/aromatic N) is 1. The highest BCUT2D eigenvalue weighted by Crippen LogP contribution is 2.22. The van der Waals surface area contributed by atoms with Crippen molar-refractivity contribution in [3.05, 3.63) is 51.7 Å². The van der Waals surface area contributed by atoms with E-state index in [1.807, 2.05) is 19.1 Å². The number of halogens is 1. The first-order valence-corrected chi connectivity index (χ1v) is 8.46. The Morgan fingerprint density at radius 3 is 2.81 bits per heavy atom. The lowest BCUT2D eigenvalue weighted by Gasteiger charge is -2.17. The van der Waals surface area contributed by atoms with Crippen molar-refractivity contribution in [2.75, 3.05) is 6.54 Å². The molecule has 1 aromatic heterocycles. The van der Waals surface area contributed by atoms with Crippen LogP contribution in [-0.2, 0) is 12.8 Å². The number of thiazole rings is 1. The molecule has 1 aliphatic carbocycles. The summed E-state index contributed by atoms with van der Waals surface area (Å²) in [6.45, 7) is 2.97. The van der Waals surface area contributed by atoms with Crippen LogP contribution in [0, 0.1) is 18.7 Å². The second kappa shape index (κ2) is 6.67. The van der Waals surface area contributed by atoms with E-state index in [2.05, 4.69) is 15.7 Å². The fourth-order valence-electron chi connectivity index (χ4n) is 2.61. The second-order valence-corrected chi connectivity index (χ2v) is 6.97. The maximum atomic E-state index is 13.9. The molecule has 0 radical (unpaired) electrons. The van der Waals surface area contributed by atoms with Crippen LogP contribution in [0.25, 0.3) is 0 Å². The molecule has 1 N–H and O–H groups in total. The molecule has 0 aliphatic heterocycles. The van der Waals surface area contributed by atoms with Gasteiger partial charge < -0.3 is 5.32 Å². The van der Waals surface area contributed by atoms with Gasteiger partial charge in [0.1, 0.15) is 5.82 Å². The summed E-state index contributed by atoms with van der Waals surface area (Å²) in [5, 5.41) is 6.80. The molecule has 4 heteroatoms. The molecule has 1 heterocycles. The number of hydrogen-bond donors (Lipinski definition) is 1. The maximum absolute atomic E-state index is 13.9. The van der Waals surface area contributed by atoms with Crippen molar-refractivity contribution < 1.29 is 4.39 Å². The van der Waals surface area contributed by atoms with E-state index in [0.717, 1.165) is 35.7 Å². The van der Waals surface area contributed by atoms with Crippen LogP contribution in [0.3, 0.4) is 0 Å². The van der Waals surface area contributed by atoms with Gasteiger partial charge in [-0.2, -0.15) is 0 Å². The molecule has 2 aromatic rings. The lowest BCUT2D eigenvalue weighted by atomic mass is 9.94. The van der Waals surface area contributed by atoms with Crippen molar-refractivity contribution in [3.8, 4) is 0 Å². The maximum Gasteiger partial charge on any atom is 0.126 e.